The number of aromatic nitrogens is 1. The lowest BCUT2D eigenvalue weighted by molar-refractivity contribution is 0.135. The lowest BCUT2D eigenvalue weighted by atomic mass is 10.1. The van der Waals surface area contributed by atoms with Crippen LogP contribution in [0.5, 0.6) is 5.75 Å². The standard InChI is InChI=1S/C17H18Cl2N2O3S/c1-12-14(18)3-2-4-17(12)25(22,23)21-9-6-13(7-10-21)24-16-5-8-20-11-15(16)19/h2-5,8,11,13H,6-7,9-10H2,1H3. The van der Waals surface area contributed by atoms with Gasteiger partial charge in [0, 0.05) is 36.6 Å². The second-order valence-corrected chi connectivity index (χ2v) is 8.61. The zero-order chi connectivity index (χ0) is 18.0. The van der Waals surface area contributed by atoms with E-state index in [9.17, 15) is 8.42 Å². The number of hydrogen-bond donors (Lipinski definition) is 0. The van der Waals surface area contributed by atoms with Crippen LogP contribution >= 0.6 is 23.2 Å². The second-order valence-electron chi connectivity index (χ2n) is 5.89. The largest absolute Gasteiger partial charge is 0.489 e. The summed E-state index contributed by atoms with van der Waals surface area (Å²) < 4.78 is 33.1. The molecule has 25 heavy (non-hydrogen) atoms. The predicted molar refractivity (Wildman–Crippen MR) is 97.8 cm³/mol. The number of nitrogens with zero attached hydrogens (tertiary/aromatic N) is 2. The van der Waals surface area contributed by atoms with Crippen molar-refractivity contribution in [2.45, 2.75) is 30.8 Å². The summed E-state index contributed by atoms with van der Waals surface area (Å²) in [6.07, 6.45) is 4.25. The Kier molecular flexibility index (Phi) is 5.53. The number of halogens is 2. The van der Waals surface area contributed by atoms with Crippen LogP contribution < -0.4 is 4.74 Å². The van der Waals surface area contributed by atoms with Gasteiger partial charge in [0.25, 0.3) is 0 Å². The Hall–Kier alpha value is -1.34. The van der Waals surface area contributed by atoms with Crippen LogP contribution in [-0.4, -0.2) is 36.9 Å². The topological polar surface area (TPSA) is 59.5 Å². The fourth-order valence-corrected chi connectivity index (χ4v) is 4.95. The molecule has 3 rings (SSSR count). The highest BCUT2D eigenvalue weighted by Gasteiger charge is 2.31. The van der Waals surface area contributed by atoms with Gasteiger partial charge >= 0.3 is 0 Å². The Morgan fingerprint density at radius 1 is 1.16 bits per heavy atom. The smallest absolute Gasteiger partial charge is 0.243 e. The molecule has 0 radical (unpaired) electrons. The predicted octanol–water partition coefficient (Wildman–Crippen LogP) is 3.93. The maximum absolute atomic E-state index is 12.9. The quantitative estimate of drug-likeness (QED) is 0.779. The van der Waals surface area contributed by atoms with E-state index in [0.717, 1.165) is 0 Å². The number of ether oxygens (including phenoxy) is 1. The zero-order valence-electron chi connectivity index (χ0n) is 13.7. The Morgan fingerprint density at radius 2 is 1.88 bits per heavy atom. The van der Waals surface area contributed by atoms with Crippen LogP contribution in [-0.2, 0) is 10.0 Å². The van der Waals surface area contributed by atoms with E-state index < -0.39 is 10.0 Å². The van der Waals surface area contributed by atoms with E-state index in [4.69, 9.17) is 27.9 Å². The van der Waals surface area contributed by atoms with Crippen LogP contribution in [0.1, 0.15) is 18.4 Å². The van der Waals surface area contributed by atoms with Crippen molar-refractivity contribution in [1.82, 2.24) is 9.29 Å². The molecule has 1 aliphatic rings. The zero-order valence-corrected chi connectivity index (χ0v) is 16.0. The first-order valence-electron chi connectivity index (χ1n) is 7.91. The van der Waals surface area contributed by atoms with Gasteiger partial charge < -0.3 is 4.74 Å². The molecule has 1 aromatic heterocycles. The highest BCUT2D eigenvalue weighted by Crippen LogP contribution is 2.29. The third-order valence-electron chi connectivity index (χ3n) is 4.27. The van der Waals surface area contributed by atoms with Gasteiger partial charge in [-0.2, -0.15) is 4.31 Å². The van der Waals surface area contributed by atoms with Gasteiger partial charge in [-0.1, -0.05) is 29.3 Å². The summed E-state index contributed by atoms with van der Waals surface area (Å²) in [7, 11) is -3.56. The molecular weight excluding hydrogens is 383 g/mol. The fourth-order valence-electron chi connectivity index (χ4n) is 2.83. The van der Waals surface area contributed by atoms with E-state index in [1.165, 1.54) is 10.5 Å². The second kappa shape index (κ2) is 7.50. The van der Waals surface area contributed by atoms with E-state index >= 15 is 0 Å². The molecule has 1 aliphatic heterocycles. The molecule has 5 nitrogen and oxygen atoms in total. The summed E-state index contributed by atoms with van der Waals surface area (Å²) in [6, 6.07) is 6.65. The third-order valence-corrected chi connectivity index (χ3v) is 7.00. The minimum atomic E-state index is -3.56. The molecule has 1 fully saturated rings. The molecule has 0 amide bonds. The maximum Gasteiger partial charge on any atom is 0.243 e. The molecule has 0 aliphatic carbocycles. The molecule has 2 aromatic rings. The van der Waals surface area contributed by atoms with E-state index in [1.807, 2.05) is 0 Å². The van der Waals surface area contributed by atoms with Crippen molar-refractivity contribution in [2.24, 2.45) is 0 Å². The van der Waals surface area contributed by atoms with Crippen LogP contribution in [0.4, 0.5) is 0 Å². The highest BCUT2D eigenvalue weighted by atomic mass is 35.5. The summed E-state index contributed by atoms with van der Waals surface area (Å²) >= 11 is 12.1. The van der Waals surface area contributed by atoms with Crippen molar-refractivity contribution in [2.75, 3.05) is 13.1 Å². The van der Waals surface area contributed by atoms with E-state index in [-0.39, 0.29) is 11.0 Å². The SMILES string of the molecule is Cc1c(Cl)cccc1S(=O)(=O)N1CCC(Oc2ccncc2Cl)CC1. The highest BCUT2D eigenvalue weighted by molar-refractivity contribution is 7.89. The van der Waals surface area contributed by atoms with Crippen molar-refractivity contribution in [3.05, 3.63) is 52.3 Å². The average molecular weight is 401 g/mol. The first-order valence-corrected chi connectivity index (χ1v) is 10.1. The molecule has 0 N–H and O–H groups in total. The first-order chi connectivity index (χ1) is 11.9. The van der Waals surface area contributed by atoms with E-state index in [1.54, 1.807) is 37.4 Å². The molecule has 1 aromatic carbocycles. The molecule has 1 saturated heterocycles. The monoisotopic (exact) mass is 400 g/mol. The van der Waals surface area contributed by atoms with Gasteiger partial charge in [0.15, 0.2) is 0 Å². The van der Waals surface area contributed by atoms with Gasteiger partial charge in [0.05, 0.1) is 4.90 Å². The normalized spacial score (nSPS) is 16.8. The van der Waals surface area contributed by atoms with E-state index in [2.05, 4.69) is 4.98 Å². The van der Waals surface area contributed by atoms with E-state index in [0.29, 0.717) is 47.3 Å². The van der Waals surface area contributed by atoms with Crippen molar-refractivity contribution in [3.63, 3.8) is 0 Å². The molecular formula is C17H18Cl2N2O3S. The molecule has 0 unspecified atom stereocenters. The minimum absolute atomic E-state index is 0.0770. The number of hydrogen-bond acceptors (Lipinski definition) is 4. The fraction of sp³-hybridized carbons (Fsp3) is 0.353. The summed E-state index contributed by atoms with van der Waals surface area (Å²) in [6.45, 7) is 2.50. The Labute approximate surface area is 157 Å². The van der Waals surface area contributed by atoms with Gasteiger partial charge in [-0.05, 0) is 37.5 Å². The van der Waals surface area contributed by atoms with Gasteiger partial charge in [-0.15, -0.1) is 0 Å². The van der Waals surface area contributed by atoms with Gasteiger partial charge in [0.1, 0.15) is 16.9 Å². The molecule has 2 heterocycles. The molecule has 0 atom stereocenters. The summed E-state index contributed by atoms with van der Waals surface area (Å²) in [4.78, 5) is 4.18. The number of rotatable bonds is 4. The summed E-state index contributed by atoms with van der Waals surface area (Å²) in [5.74, 6) is 0.573. The van der Waals surface area contributed by atoms with Crippen molar-refractivity contribution < 1.29 is 13.2 Å². The molecule has 0 saturated carbocycles. The van der Waals surface area contributed by atoms with Gasteiger partial charge in [-0.25, -0.2) is 8.42 Å². The van der Waals surface area contributed by atoms with Crippen LogP contribution in [0.15, 0.2) is 41.6 Å². The average Bonchev–Trinajstić information content (AvgIpc) is 2.60. The first kappa shape index (κ1) is 18.5. The lowest BCUT2D eigenvalue weighted by Gasteiger charge is -2.32. The number of pyridine rings is 1. The van der Waals surface area contributed by atoms with Crippen molar-refractivity contribution in [3.8, 4) is 5.75 Å². The van der Waals surface area contributed by atoms with Crippen LogP contribution in [0, 0.1) is 6.92 Å². The van der Waals surface area contributed by atoms with Crippen LogP contribution in [0.25, 0.3) is 0 Å². The Bertz CT molecular complexity index is 866. The van der Waals surface area contributed by atoms with Crippen LogP contribution in [0.3, 0.4) is 0 Å². The Balaban J connectivity index is 1.69. The number of sulfonamides is 1. The lowest BCUT2D eigenvalue weighted by Crippen LogP contribution is -2.41. The van der Waals surface area contributed by atoms with Gasteiger partial charge in [-0.3, -0.25) is 4.98 Å². The van der Waals surface area contributed by atoms with Crippen molar-refractivity contribution in [1.29, 1.82) is 0 Å². The van der Waals surface area contributed by atoms with Crippen LogP contribution in [0.2, 0.25) is 10.0 Å². The molecule has 0 bridgehead atoms. The third kappa shape index (κ3) is 3.92. The summed E-state index contributed by atoms with van der Waals surface area (Å²) in [5, 5.41) is 0.902. The molecule has 134 valence electrons. The molecule has 8 heteroatoms. The summed E-state index contributed by atoms with van der Waals surface area (Å²) in [5.41, 5.74) is 0.575. The van der Waals surface area contributed by atoms with Gasteiger partial charge in [0.2, 0.25) is 10.0 Å². The Morgan fingerprint density at radius 3 is 2.56 bits per heavy atom. The number of piperidine rings is 1. The number of benzene rings is 1. The maximum atomic E-state index is 12.9. The minimum Gasteiger partial charge on any atom is -0.489 e. The molecule has 0 spiro atoms. The van der Waals surface area contributed by atoms with Crippen molar-refractivity contribution >= 4 is 33.2 Å².